The van der Waals surface area contributed by atoms with Gasteiger partial charge in [-0.2, -0.15) is 0 Å². The Kier molecular flexibility index (Phi) is 6.87. The third-order valence-electron chi connectivity index (χ3n) is 5.59. The van der Waals surface area contributed by atoms with E-state index >= 15 is 0 Å². The minimum atomic E-state index is -0.200. The van der Waals surface area contributed by atoms with Crippen molar-refractivity contribution < 1.29 is 23.7 Å². The van der Waals surface area contributed by atoms with E-state index in [0.29, 0.717) is 36.0 Å². The Balaban J connectivity index is 1.47. The lowest BCUT2D eigenvalue weighted by molar-refractivity contribution is 0.0833. The molecule has 0 N–H and O–H groups in total. The lowest BCUT2D eigenvalue weighted by atomic mass is 9.94. The Morgan fingerprint density at radius 1 is 0.939 bits per heavy atom. The Hall–Kier alpha value is -3.47. The number of aryl methyl sites for hydroxylation is 1. The van der Waals surface area contributed by atoms with Crippen molar-refractivity contribution in [1.29, 1.82) is 0 Å². The van der Waals surface area contributed by atoms with Crippen molar-refractivity contribution in [3.8, 4) is 23.0 Å². The molecule has 0 atom stereocenters. The van der Waals surface area contributed by atoms with E-state index in [1.165, 1.54) is 0 Å². The number of benzene rings is 3. The largest absolute Gasteiger partial charge is 0.494 e. The molecule has 0 unspecified atom stereocenters. The van der Waals surface area contributed by atoms with Crippen molar-refractivity contribution in [3.05, 3.63) is 83.4 Å². The predicted octanol–water partition coefficient (Wildman–Crippen LogP) is 6.03. The number of hydrogen-bond donors (Lipinski definition) is 0. The summed E-state index contributed by atoms with van der Waals surface area (Å²) in [5.74, 6) is 2.41. The highest BCUT2D eigenvalue weighted by Gasteiger charge is 2.26. The van der Waals surface area contributed by atoms with Gasteiger partial charge in [0, 0.05) is 12.1 Å². The summed E-state index contributed by atoms with van der Waals surface area (Å²) in [6.07, 6.45) is 1.94. The number of fused-ring (bicyclic) bond motifs is 1. The second-order valence-corrected chi connectivity index (χ2v) is 8.71. The summed E-state index contributed by atoms with van der Waals surface area (Å²) in [4.78, 5) is 13.0. The fourth-order valence-electron chi connectivity index (χ4n) is 3.78. The molecule has 5 heteroatoms. The molecule has 0 saturated carbocycles. The third kappa shape index (κ3) is 5.86. The number of Topliss-reactive ketones (excluding diaryl/α,β-unsaturated/α-hetero) is 1. The average Bonchev–Trinajstić information content (AvgIpc) is 2.81. The van der Waals surface area contributed by atoms with Gasteiger partial charge in [0.15, 0.2) is 6.61 Å². The van der Waals surface area contributed by atoms with Crippen LogP contribution in [0.4, 0.5) is 0 Å². The maximum atomic E-state index is 13.0. The zero-order chi connectivity index (χ0) is 23.3. The first kappa shape index (κ1) is 22.7. The van der Waals surface area contributed by atoms with Crippen LogP contribution in [0.1, 0.15) is 48.7 Å². The smallest absolute Gasteiger partial charge is 0.203 e. The van der Waals surface area contributed by atoms with Crippen molar-refractivity contribution >= 4 is 5.78 Å². The molecule has 0 spiro atoms. The summed E-state index contributed by atoms with van der Waals surface area (Å²) in [7, 11) is 0. The van der Waals surface area contributed by atoms with E-state index in [1.807, 2.05) is 55.5 Å². The normalized spacial score (nSPS) is 14.0. The lowest BCUT2D eigenvalue weighted by Gasteiger charge is -2.32. The van der Waals surface area contributed by atoms with Gasteiger partial charge in [-0.05, 0) is 62.9 Å². The molecule has 0 aromatic heterocycles. The summed E-state index contributed by atoms with van der Waals surface area (Å²) in [6.45, 7) is 6.87. The second kappa shape index (κ2) is 9.99. The lowest BCUT2D eigenvalue weighted by Crippen LogP contribution is -2.32. The van der Waals surface area contributed by atoms with E-state index in [9.17, 15) is 4.79 Å². The fraction of sp³-hybridized carbons (Fsp3) is 0.321. The van der Waals surface area contributed by atoms with Gasteiger partial charge in [0.2, 0.25) is 5.78 Å². The van der Waals surface area contributed by atoms with E-state index in [0.717, 1.165) is 29.7 Å². The standard InChI is InChI=1S/C28H30O5/c1-4-30-22-12-13-24(27(17-22)32-18-20-8-6-5-7-9-20)25(29)19-31-23-11-10-21-14-15-28(2,3)33-26(21)16-23/h5-13,16-17H,4,14-15,18-19H2,1-3H3. The quantitative estimate of drug-likeness (QED) is 0.376. The molecular formula is C28H30O5. The van der Waals surface area contributed by atoms with Gasteiger partial charge in [0.05, 0.1) is 12.2 Å². The van der Waals surface area contributed by atoms with Crippen molar-refractivity contribution in [2.75, 3.05) is 13.2 Å². The second-order valence-electron chi connectivity index (χ2n) is 8.71. The summed E-state index contributed by atoms with van der Waals surface area (Å²) in [5, 5.41) is 0. The van der Waals surface area contributed by atoms with Crippen LogP contribution in [0.2, 0.25) is 0 Å². The molecule has 5 nitrogen and oxygen atoms in total. The number of hydrogen-bond acceptors (Lipinski definition) is 5. The molecule has 4 rings (SSSR count). The SMILES string of the molecule is CCOc1ccc(C(=O)COc2ccc3c(c2)OC(C)(C)CC3)c(OCc2ccccc2)c1. The van der Waals surface area contributed by atoms with Crippen LogP contribution in [0, 0.1) is 0 Å². The van der Waals surface area contributed by atoms with Gasteiger partial charge >= 0.3 is 0 Å². The summed E-state index contributed by atoms with van der Waals surface area (Å²) in [6, 6.07) is 20.9. The van der Waals surface area contributed by atoms with Gasteiger partial charge < -0.3 is 18.9 Å². The first-order valence-electron chi connectivity index (χ1n) is 11.3. The fourth-order valence-corrected chi connectivity index (χ4v) is 3.78. The minimum Gasteiger partial charge on any atom is -0.494 e. The predicted molar refractivity (Wildman–Crippen MR) is 128 cm³/mol. The zero-order valence-corrected chi connectivity index (χ0v) is 19.4. The van der Waals surface area contributed by atoms with Crippen molar-refractivity contribution in [1.82, 2.24) is 0 Å². The average molecular weight is 447 g/mol. The van der Waals surface area contributed by atoms with Crippen LogP contribution in [0.3, 0.4) is 0 Å². The molecule has 0 fully saturated rings. The van der Waals surface area contributed by atoms with Gasteiger partial charge in [0.25, 0.3) is 0 Å². The van der Waals surface area contributed by atoms with E-state index in [4.69, 9.17) is 18.9 Å². The Bertz CT molecular complexity index is 1100. The first-order chi connectivity index (χ1) is 15.9. The van der Waals surface area contributed by atoms with Crippen LogP contribution in [0.5, 0.6) is 23.0 Å². The molecule has 33 heavy (non-hydrogen) atoms. The summed E-state index contributed by atoms with van der Waals surface area (Å²) < 4.78 is 23.5. The van der Waals surface area contributed by atoms with Gasteiger partial charge in [-0.3, -0.25) is 4.79 Å². The van der Waals surface area contributed by atoms with E-state index in [2.05, 4.69) is 13.8 Å². The highest BCUT2D eigenvalue weighted by atomic mass is 16.5. The van der Waals surface area contributed by atoms with Crippen molar-refractivity contribution in [2.24, 2.45) is 0 Å². The zero-order valence-electron chi connectivity index (χ0n) is 19.4. The number of ether oxygens (including phenoxy) is 4. The molecular weight excluding hydrogens is 416 g/mol. The number of carbonyl (C=O) groups excluding carboxylic acids is 1. The van der Waals surface area contributed by atoms with Crippen LogP contribution >= 0.6 is 0 Å². The van der Waals surface area contributed by atoms with E-state index in [1.54, 1.807) is 18.2 Å². The molecule has 1 aliphatic heterocycles. The van der Waals surface area contributed by atoms with Crippen LogP contribution < -0.4 is 18.9 Å². The monoisotopic (exact) mass is 446 g/mol. The molecule has 3 aromatic carbocycles. The van der Waals surface area contributed by atoms with Gasteiger partial charge in [-0.15, -0.1) is 0 Å². The molecule has 0 aliphatic carbocycles. The molecule has 1 heterocycles. The minimum absolute atomic E-state index is 0.0993. The molecule has 0 radical (unpaired) electrons. The van der Waals surface area contributed by atoms with Crippen molar-refractivity contribution in [3.63, 3.8) is 0 Å². The van der Waals surface area contributed by atoms with E-state index in [-0.39, 0.29) is 18.0 Å². The van der Waals surface area contributed by atoms with E-state index < -0.39 is 0 Å². The Morgan fingerprint density at radius 3 is 2.48 bits per heavy atom. The highest BCUT2D eigenvalue weighted by Crippen LogP contribution is 2.35. The van der Waals surface area contributed by atoms with Crippen LogP contribution in [-0.4, -0.2) is 24.6 Å². The van der Waals surface area contributed by atoms with Gasteiger partial charge in [-0.1, -0.05) is 36.4 Å². The third-order valence-corrected chi connectivity index (χ3v) is 5.59. The highest BCUT2D eigenvalue weighted by molar-refractivity contribution is 6.00. The van der Waals surface area contributed by atoms with Crippen LogP contribution in [0.15, 0.2) is 66.7 Å². The van der Waals surface area contributed by atoms with Crippen LogP contribution in [0.25, 0.3) is 0 Å². The maximum Gasteiger partial charge on any atom is 0.203 e. The maximum absolute atomic E-state index is 13.0. The summed E-state index contributed by atoms with van der Waals surface area (Å²) in [5.41, 5.74) is 2.45. The molecule has 0 amide bonds. The van der Waals surface area contributed by atoms with Gasteiger partial charge in [-0.25, -0.2) is 0 Å². The Labute approximate surface area is 195 Å². The number of carbonyl (C=O) groups is 1. The van der Waals surface area contributed by atoms with Crippen LogP contribution in [-0.2, 0) is 13.0 Å². The summed E-state index contributed by atoms with van der Waals surface area (Å²) >= 11 is 0. The Morgan fingerprint density at radius 2 is 1.70 bits per heavy atom. The first-order valence-corrected chi connectivity index (χ1v) is 11.3. The molecule has 1 aliphatic rings. The molecule has 0 bridgehead atoms. The molecule has 3 aromatic rings. The topological polar surface area (TPSA) is 54.0 Å². The molecule has 0 saturated heterocycles. The molecule has 172 valence electrons. The number of ketones is 1. The van der Waals surface area contributed by atoms with Gasteiger partial charge in [0.1, 0.15) is 35.2 Å². The van der Waals surface area contributed by atoms with Crippen molar-refractivity contribution in [2.45, 2.75) is 45.8 Å². The number of rotatable bonds is 9.